The van der Waals surface area contributed by atoms with Crippen molar-refractivity contribution in [1.29, 1.82) is 0 Å². The second-order valence-electron chi connectivity index (χ2n) is 6.33. The minimum atomic E-state index is -0.0555. The third kappa shape index (κ3) is 2.63. The third-order valence-electron chi connectivity index (χ3n) is 4.74. The molecule has 0 aliphatic carbocycles. The molecule has 1 aromatic heterocycles. The van der Waals surface area contributed by atoms with Crippen molar-refractivity contribution >= 4 is 6.03 Å². The molecule has 2 aliphatic heterocycles. The first-order chi connectivity index (χ1) is 10.1. The molecule has 6 heteroatoms. The summed E-state index contributed by atoms with van der Waals surface area (Å²) < 4.78 is 5.55. The highest BCUT2D eigenvalue weighted by Gasteiger charge is 2.39. The first-order valence-electron chi connectivity index (χ1n) is 7.97. The number of urea groups is 1. The lowest BCUT2D eigenvalue weighted by Gasteiger charge is -2.41. The molecule has 3 rings (SSSR count). The number of amides is 2. The SMILES string of the molecule is Cc1nnc([C@H]2CCCN2C(=O)N2[C@H](C)CCC[C@@H]2C)o1. The van der Waals surface area contributed by atoms with E-state index >= 15 is 0 Å². The van der Waals surface area contributed by atoms with Gasteiger partial charge in [0.25, 0.3) is 0 Å². The van der Waals surface area contributed by atoms with E-state index in [9.17, 15) is 4.79 Å². The van der Waals surface area contributed by atoms with E-state index in [1.807, 2.05) is 9.80 Å². The maximum absolute atomic E-state index is 13.0. The molecule has 116 valence electrons. The number of carbonyl (C=O) groups excluding carboxylic acids is 1. The summed E-state index contributed by atoms with van der Waals surface area (Å²) >= 11 is 0. The number of aryl methyl sites for hydroxylation is 1. The quantitative estimate of drug-likeness (QED) is 0.798. The zero-order valence-electron chi connectivity index (χ0n) is 13.1. The van der Waals surface area contributed by atoms with Crippen molar-refractivity contribution in [2.24, 2.45) is 0 Å². The van der Waals surface area contributed by atoms with Crippen LogP contribution in [0, 0.1) is 6.92 Å². The van der Waals surface area contributed by atoms with E-state index in [0.717, 1.165) is 32.2 Å². The molecule has 6 nitrogen and oxygen atoms in total. The van der Waals surface area contributed by atoms with Crippen LogP contribution in [0.4, 0.5) is 4.79 Å². The van der Waals surface area contributed by atoms with Crippen LogP contribution >= 0.6 is 0 Å². The summed E-state index contributed by atoms with van der Waals surface area (Å²) in [4.78, 5) is 16.9. The number of nitrogens with zero attached hydrogens (tertiary/aromatic N) is 4. The number of likely N-dealkylation sites (tertiary alicyclic amines) is 2. The minimum Gasteiger partial charge on any atom is -0.423 e. The van der Waals surface area contributed by atoms with Gasteiger partial charge < -0.3 is 14.2 Å². The molecule has 0 N–H and O–H groups in total. The Morgan fingerprint density at radius 3 is 2.48 bits per heavy atom. The molecule has 2 fully saturated rings. The number of hydrogen-bond donors (Lipinski definition) is 0. The zero-order valence-corrected chi connectivity index (χ0v) is 13.1. The van der Waals surface area contributed by atoms with Crippen LogP contribution in [0.1, 0.15) is 63.8 Å². The summed E-state index contributed by atoms with van der Waals surface area (Å²) in [6.07, 6.45) is 5.29. The predicted molar refractivity (Wildman–Crippen MR) is 77.7 cm³/mol. The minimum absolute atomic E-state index is 0.0555. The molecule has 0 unspecified atom stereocenters. The molecule has 0 saturated carbocycles. The molecule has 0 spiro atoms. The van der Waals surface area contributed by atoms with Gasteiger partial charge >= 0.3 is 6.03 Å². The summed E-state index contributed by atoms with van der Waals surface area (Å²) in [6.45, 7) is 6.86. The monoisotopic (exact) mass is 292 g/mol. The standard InChI is InChI=1S/C15H24N4O2/c1-10-6-4-7-11(2)19(10)15(20)18-9-5-8-13(18)14-17-16-12(3)21-14/h10-11,13H,4-9H2,1-3H3/t10-,11+,13-/m1/s1. The van der Waals surface area contributed by atoms with Gasteiger partial charge in [0.2, 0.25) is 11.8 Å². The number of piperidine rings is 1. The molecule has 21 heavy (non-hydrogen) atoms. The van der Waals surface area contributed by atoms with Crippen LogP contribution in [0.2, 0.25) is 0 Å². The first-order valence-corrected chi connectivity index (χ1v) is 7.97. The molecule has 0 radical (unpaired) electrons. The highest BCUT2D eigenvalue weighted by atomic mass is 16.4. The van der Waals surface area contributed by atoms with Gasteiger partial charge in [-0.25, -0.2) is 4.79 Å². The molecule has 2 amide bonds. The second-order valence-corrected chi connectivity index (χ2v) is 6.33. The van der Waals surface area contributed by atoms with E-state index in [4.69, 9.17) is 4.42 Å². The van der Waals surface area contributed by atoms with Crippen LogP contribution in [0.3, 0.4) is 0 Å². The van der Waals surface area contributed by atoms with Crippen LogP contribution in [-0.2, 0) is 0 Å². The molecule has 3 atom stereocenters. The smallest absolute Gasteiger partial charge is 0.321 e. The average molecular weight is 292 g/mol. The van der Waals surface area contributed by atoms with Crippen molar-refractivity contribution in [1.82, 2.24) is 20.0 Å². The summed E-state index contributed by atoms with van der Waals surface area (Å²) in [5.41, 5.74) is 0. The van der Waals surface area contributed by atoms with Gasteiger partial charge in [0, 0.05) is 25.6 Å². The Hall–Kier alpha value is -1.59. The maximum atomic E-state index is 13.0. The summed E-state index contributed by atoms with van der Waals surface area (Å²) in [7, 11) is 0. The van der Waals surface area contributed by atoms with Crippen molar-refractivity contribution in [2.75, 3.05) is 6.54 Å². The molecule has 2 aliphatic rings. The lowest BCUT2D eigenvalue weighted by Crippen LogP contribution is -2.53. The summed E-state index contributed by atoms with van der Waals surface area (Å²) in [5.74, 6) is 1.14. The topological polar surface area (TPSA) is 62.5 Å². The van der Waals surface area contributed by atoms with Crippen LogP contribution in [0.25, 0.3) is 0 Å². The van der Waals surface area contributed by atoms with Crippen molar-refractivity contribution in [3.05, 3.63) is 11.8 Å². The fourth-order valence-corrected chi connectivity index (χ4v) is 3.65. The average Bonchev–Trinajstić information content (AvgIpc) is 3.06. The Balaban J connectivity index is 1.79. The maximum Gasteiger partial charge on any atom is 0.321 e. The van der Waals surface area contributed by atoms with Gasteiger partial charge in [-0.15, -0.1) is 10.2 Å². The fraction of sp³-hybridized carbons (Fsp3) is 0.800. The Morgan fingerprint density at radius 1 is 1.14 bits per heavy atom. The Labute approximate surface area is 125 Å². The van der Waals surface area contributed by atoms with E-state index in [2.05, 4.69) is 24.0 Å². The lowest BCUT2D eigenvalue weighted by molar-refractivity contribution is 0.0856. The van der Waals surface area contributed by atoms with Crippen molar-refractivity contribution in [3.8, 4) is 0 Å². The lowest BCUT2D eigenvalue weighted by atomic mass is 9.98. The van der Waals surface area contributed by atoms with Gasteiger partial charge in [0.15, 0.2) is 0 Å². The molecular formula is C15H24N4O2. The van der Waals surface area contributed by atoms with Crippen LogP contribution in [0.5, 0.6) is 0 Å². The molecule has 1 aromatic rings. The Morgan fingerprint density at radius 2 is 1.86 bits per heavy atom. The fourth-order valence-electron chi connectivity index (χ4n) is 3.65. The van der Waals surface area contributed by atoms with E-state index in [1.54, 1.807) is 6.92 Å². The molecular weight excluding hydrogens is 268 g/mol. The van der Waals surface area contributed by atoms with Crippen LogP contribution < -0.4 is 0 Å². The van der Waals surface area contributed by atoms with Crippen molar-refractivity contribution < 1.29 is 9.21 Å². The van der Waals surface area contributed by atoms with Crippen LogP contribution in [-0.4, -0.2) is 44.7 Å². The first kappa shape index (κ1) is 14.4. The highest BCUT2D eigenvalue weighted by molar-refractivity contribution is 5.76. The largest absolute Gasteiger partial charge is 0.423 e. The Bertz CT molecular complexity index is 506. The van der Waals surface area contributed by atoms with Gasteiger partial charge in [0.05, 0.1) is 0 Å². The van der Waals surface area contributed by atoms with E-state index < -0.39 is 0 Å². The second kappa shape index (κ2) is 5.66. The highest BCUT2D eigenvalue weighted by Crippen LogP contribution is 2.34. The van der Waals surface area contributed by atoms with Gasteiger partial charge in [-0.05, 0) is 46.0 Å². The summed E-state index contributed by atoms with van der Waals surface area (Å²) in [6, 6.07) is 0.701. The third-order valence-corrected chi connectivity index (χ3v) is 4.74. The van der Waals surface area contributed by atoms with Gasteiger partial charge in [-0.1, -0.05) is 0 Å². The van der Waals surface area contributed by atoms with Gasteiger partial charge in [-0.2, -0.15) is 0 Å². The number of hydrogen-bond acceptors (Lipinski definition) is 4. The molecule has 2 saturated heterocycles. The van der Waals surface area contributed by atoms with Crippen molar-refractivity contribution in [2.45, 2.75) is 71.0 Å². The Kier molecular flexibility index (Phi) is 3.87. The normalized spacial score (nSPS) is 30.0. The number of aromatic nitrogens is 2. The van der Waals surface area contributed by atoms with E-state index in [-0.39, 0.29) is 12.1 Å². The van der Waals surface area contributed by atoms with Gasteiger partial charge in [0.1, 0.15) is 6.04 Å². The number of carbonyl (C=O) groups is 1. The zero-order chi connectivity index (χ0) is 15.0. The van der Waals surface area contributed by atoms with E-state index in [0.29, 0.717) is 23.9 Å². The number of rotatable bonds is 1. The van der Waals surface area contributed by atoms with E-state index in [1.165, 1.54) is 6.42 Å². The molecule has 0 aromatic carbocycles. The summed E-state index contributed by atoms with van der Waals surface area (Å²) in [5, 5.41) is 8.01. The molecule has 0 bridgehead atoms. The van der Waals surface area contributed by atoms with Crippen LogP contribution in [0.15, 0.2) is 4.42 Å². The predicted octanol–water partition coefficient (Wildman–Crippen LogP) is 2.90. The molecule has 3 heterocycles. The van der Waals surface area contributed by atoms with Gasteiger partial charge in [-0.3, -0.25) is 0 Å². The van der Waals surface area contributed by atoms with Crippen molar-refractivity contribution in [3.63, 3.8) is 0 Å².